The SMILES string of the molecule is C=CC(C)(CO)Cc1csc(C)n1. The third-order valence-corrected chi connectivity index (χ3v) is 2.93. The van der Waals surface area contributed by atoms with E-state index in [1.165, 1.54) is 0 Å². The van der Waals surface area contributed by atoms with E-state index in [9.17, 15) is 0 Å². The summed E-state index contributed by atoms with van der Waals surface area (Å²) in [7, 11) is 0. The number of thiazole rings is 1. The highest BCUT2D eigenvalue weighted by Gasteiger charge is 2.20. The van der Waals surface area contributed by atoms with Crippen molar-refractivity contribution in [3.8, 4) is 0 Å². The van der Waals surface area contributed by atoms with Crippen LogP contribution in [0.1, 0.15) is 17.6 Å². The molecule has 0 saturated heterocycles. The van der Waals surface area contributed by atoms with E-state index in [0.29, 0.717) is 0 Å². The van der Waals surface area contributed by atoms with Gasteiger partial charge < -0.3 is 5.11 Å². The maximum Gasteiger partial charge on any atom is 0.0897 e. The number of aliphatic hydroxyl groups is 1. The first-order valence-electron chi connectivity index (χ1n) is 4.25. The molecule has 13 heavy (non-hydrogen) atoms. The zero-order valence-corrected chi connectivity index (χ0v) is 8.90. The third-order valence-electron chi connectivity index (χ3n) is 2.11. The maximum atomic E-state index is 9.16. The van der Waals surface area contributed by atoms with Crippen molar-refractivity contribution in [1.82, 2.24) is 4.98 Å². The normalized spacial score (nSPS) is 15.3. The lowest BCUT2D eigenvalue weighted by Gasteiger charge is -2.21. The summed E-state index contributed by atoms with van der Waals surface area (Å²) < 4.78 is 0. The van der Waals surface area contributed by atoms with E-state index in [0.717, 1.165) is 17.1 Å². The van der Waals surface area contributed by atoms with E-state index in [1.54, 1.807) is 17.4 Å². The van der Waals surface area contributed by atoms with Gasteiger partial charge in [-0.25, -0.2) is 4.98 Å². The van der Waals surface area contributed by atoms with Crippen molar-refractivity contribution in [2.45, 2.75) is 20.3 Å². The molecule has 1 heterocycles. The maximum absolute atomic E-state index is 9.16. The number of aliphatic hydroxyl groups excluding tert-OH is 1. The predicted molar refractivity (Wildman–Crippen MR) is 55.9 cm³/mol. The minimum Gasteiger partial charge on any atom is -0.395 e. The molecule has 1 aromatic heterocycles. The summed E-state index contributed by atoms with van der Waals surface area (Å²) in [4.78, 5) is 4.35. The zero-order valence-electron chi connectivity index (χ0n) is 8.08. The van der Waals surface area contributed by atoms with Crippen molar-refractivity contribution in [3.63, 3.8) is 0 Å². The van der Waals surface area contributed by atoms with Gasteiger partial charge in [0.1, 0.15) is 0 Å². The van der Waals surface area contributed by atoms with Crippen LogP contribution in [0.5, 0.6) is 0 Å². The molecule has 0 saturated carbocycles. The first kappa shape index (κ1) is 10.4. The lowest BCUT2D eigenvalue weighted by atomic mass is 9.87. The van der Waals surface area contributed by atoms with Gasteiger partial charge in [-0.15, -0.1) is 17.9 Å². The average molecular weight is 197 g/mol. The fraction of sp³-hybridized carbons (Fsp3) is 0.500. The number of rotatable bonds is 4. The van der Waals surface area contributed by atoms with Gasteiger partial charge in [-0.05, 0) is 6.92 Å². The Morgan fingerprint density at radius 3 is 2.85 bits per heavy atom. The highest BCUT2D eigenvalue weighted by atomic mass is 32.1. The number of nitrogens with zero attached hydrogens (tertiary/aromatic N) is 1. The third kappa shape index (κ3) is 2.64. The number of aromatic nitrogens is 1. The molecular formula is C10H15NOS. The molecule has 0 aromatic carbocycles. The molecule has 72 valence electrons. The predicted octanol–water partition coefficient (Wildman–Crippen LogP) is 2.18. The van der Waals surface area contributed by atoms with Gasteiger partial charge in [-0.1, -0.05) is 13.0 Å². The van der Waals surface area contributed by atoms with Crippen molar-refractivity contribution in [3.05, 3.63) is 28.7 Å². The molecule has 2 nitrogen and oxygen atoms in total. The van der Waals surface area contributed by atoms with Crippen LogP contribution in [0, 0.1) is 12.3 Å². The Hall–Kier alpha value is -0.670. The van der Waals surface area contributed by atoms with E-state index in [2.05, 4.69) is 11.6 Å². The van der Waals surface area contributed by atoms with E-state index in [4.69, 9.17) is 5.11 Å². The largest absolute Gasteiger partial charge is 0.395 e. The molecule has 3 heteroatoms. The highest BCUT2D eigenvalue weighted by Crippen LogP contribution is 2.23. The second-order valence-electron chi connectivity index (χ2n) is 3.55. The Kier molecular flexibility index (Phi) is 3.22. The zero-order chi connectivity index (χ0) is 9.90. The molecule has 0 aliphatic rings. The van der Waals surface area contributed by atoms with Gasteiger partial charge in [-0.3, -0.25) is 0 Å². The smallest absolute Gasteiger partial charge is 0.0897 e. The fourth-order valence-corrected chi connectivity index (χ4v) is 1.71. The summed E-state index contributed by atoms with van der Waals surface area (Å²) in [5.41, 5.74) is 0.805. The first-order valence-corrected chi connectivity index (χ1v) is 5.13. The summed E-state index contributed by atoms with van der Waals surface area (Å²) in [6.45, 7) is 7.81. The molecule has 1 aromatic rings. The van der Waals surface area contributed by atoms with Crippen LogP contribution in [0.15, 0.2) is 18.0 Å². The Morgan fingerprint density at radius 1 is 1.77 bits per heavy atom. The molecule has 1 rings (SSSR count). The fourth-order valence-electron chi connectivity index (χ4n) is 1.10. The van der Waals surface area contributed by atoms with Crippen molar-refractivity contribution >= 4 is 11.3 Å². The van der Waals surface area contributed by atoms with Crippen LogP contribution in [0.4, 0.5) is 0 Å². The Morgan fingerprint density at radius 2 is 2.46 bits per heavy atom. The second-order valence-corrected chi connectivity index (χ2v) is 4.61. The molecule has 1 N–H and O–H groups in total. The van der Waals surface area contributed by atoms with Crippen LogP contribution >= 0.6 is 11.3 Å². The standard InChI is InChI=1S/C10H15NOS/c1-4-10(3,7-12)5-9-6-13-8(2)11-9/h4,6,12H,1,5,7H2,2-3H3. The Labute approximate surface area is 83.0 Å². The topological polar surface area (TPSA) is 33.1 Å². The monoisotopic (exact) mass is 197 g/mol. The van der Waals surface area contributed by atoms with Crippen LogP contribution < -0.4 is 0 Å². The molecule has 1 unspecified atom stereocenters. The lowest BCUT2D eigenvalue weighted by Crippen LogP contribution is -2.21. The van der Waals surface area contributed by atoms with Crippen molar-refractivity contribution in [2.75, 3.05) is 6.61 Å². The van der Waals surface area contributed by atoms with Gasteiger partial charge in [-0.2, -0.15) is 0 Å². The second kappa shape index (κ2) is 4.03. The molecule has 0 amide bonds. The Balaban J connectivity index is 2.72. The molecule has 0 radical (unpaired) electrons. The van der Waals surface area contributed by atoms with Crippen LogP contribution in [0.3, 0.4) is 0 Å². The van der Waals surface area contributed by atoms with Gasteiger partial charge in [0.05, 0.1) is 17.3 Å². The van der Waals surface area contributed by atoms with Crippen molar-refractivity contribution in [2.24, 2.45) is 5.41 Å². The number of hydrogen-bond acceptors (Lipinski definition) is 3. The minimum atomic E-state index is -0.236. The van der Waals surface area contributed by atoms with Crippen molar-refractivity contribution < 1.29 is 5.11 Å². The summed E-state index contributed by atoms with van der Waals surface area (Å²) in [5.74, 6) is 0. The van der Waals surface area contributed by atoms with Crippen LogP contribution in [-0.4, -0.2) is 16.7 Å². The average Bonchev–Trinajstić information content (AvgIpc) is 2.51. The van der Waals surface area contributed by atoms with E-state index >= 15 is 0 Å². The summed E-state index contributed by atoms with van der Waals surface area (Å²) in [5, 5.41) is 12.3. The van der Waals surface area contributed by atoms with E-state index < -0.39 is 0 Å². The minimum absolute atomic E-state index is 0.118. The van der Waals surface area contributed by atoms with Gasteiger partial charge in [0.15, 0.2) is 0 Å². The molecule has 0 aliphatic carbocycles. The Bertz CT molecular complexity index is 295. The summed E-state index contributed by atoms with van der Waals surface area (Å²) in [6.07, 6.45) is 2.55. The quantitative estimate of drug-likeness (QED) is 0.750. The van der Waals surface area contributed by atoms with Crippen LogP contribution in [0.2, 0.25) is 0 Å². The molecule has 0 aliphatic heterocycles. The summed E-state index contributed by atoms with van der Waals surface area (Å²) in [6, 6.07) is 0. The van der Waals surface area contributed by atoms with E-state index in [-0.39, 0.29) is 12.0 Å². The van der Waals surface area contributed by atoms with Gasteiger partial charge in [0.2, 0.25) is 0 Å². The first-order chi connectivity index (χ1) is 6.09. The van der Waals surface area contributed by atoms with Crippen LogP contribution in [-0.2, 0) is 6.42 Å². The van der Waals surface area contributed by atoms with Crippen LogP contribution in [0.25, 0.3) is 0 Å². The molecule has 0 fully saturated rings. The van der Waals surface area contributed by atoms with E-state index in [1.807, 2.05) is 19.2 Å². The van der Waals surface area contributed by atoms with Crippen molar-refractivity contribution in [1.29, 1.82) is 0 Å². The highest BCUT2D eigenvalue weighted by molar-refractivity contribution is 7.09. The number of aryl methyl sites for hydroxylation is 1. The van der Waals surface area contributed by atoms with Gasteiger partial charge in [0, 0.05) is 17.2 Å². The number of hydrogen-bond donors (Lipinski definition) is 1. The van der Waals surface area contributed by atoms with Gasteiger partial charge >= 0.3 is 0 Å². The molecule has 0 bridgehead atoms. The van der Waals surface area contributed by atoms with Gasteiger partial charge in [0.25, 0.3) is 0 Å². The lowest BCUT2D eigenvalue weighted by molar-refractivity contribution is 0.183. The molecular weight excluding hydrogens is 182 g/mol. The molecule has 0 spiro atoms. The molecule has 1 atom stereocenters. The summed E-state index contributed by atoms with van der Waals surface area (Å²) >= 11 is 1.64.